The van der Waals surface area contributed by atoms with Gasteiger partial charge >= 0.3 is 0 Å². The first kappa shape index (κ1) is 12.1. The summed E-state index contributed by atoms with van der Waals surface area (Å²) in [6.45, 7) is 1.79. The third-order valence-electron chi connectivity index (χ3n) is 3.88. The number of aryl methyl sites for hydroxylation is 1. The van der Waals surface area contributed by atoms with Crippen LogP contribution in [0.5, 0.6) is 0 Å². The summed E-state index contributed by atoms with van der Waals surface area (Å²) < 4.78 is 13.1. The van der Waals surface area contributed by atoms with Crippen molar-refractivity contribution in [2.45, 2.75) is 19.8 Å². The van der Waals surface area contributed by atoms with Crippen LogP contribution in [0.15, 0.2) is 42.5 Å². The summed E-state index contributed by atoms with van der Waals surface area (Å²) in [6, 6.07) is 12.6. The Labute approximate surface area is 112 Å². The minimum atomic E-state index is -0.288. The van der Waals surface area contributed by atoms with Crippen LogP contribution in [0.4, 0.5) is 4.39 Å². The topological polar surface area (TPSA) is 17.1 Å². The fourth-order valence-electron chi connectivity index (χ4n) is 2.87. The lowest BCUT2D eigenvalue weighted by Gasteiger charge is -2.10. The van der Waals surface area contributed by atoms with Gasteiger partial charge in [-0.15, -0.1) is 0 Å². The molecule has 0 saturated heterocycles. The van der Waals surface area contributed by atoms with E-state index in [4.69, 9.17) is 0 Å². The summed E-state index contributed by atoms with van der Waals surface area (Å²) in [5.74, 6) is -0.154. The maximum absolute atomic E-state index is 13.1. The molecule has 0 aromatic heterocycles. The highest BCUT2D eigenvalue weighted by Crippen LogP contribution is 2.29. The van der Waals surface area contributed by atoms with Gasteiger partial charge in [0.15, 0.2) is 5.78 Å². The lowest BCUT2D eigenvalue weighted by molar-refractivity contribution is 0.0924. The molecule has 19 heavy (non-hydrogen) atoms. The van der Waals surface area contributed by atoms with Crippen LogP contribution in [0.25, 0.3) is 0 Å². The molecule has 3 rings (SSSR count). The van der Waals surface area contributed by atoms with E-state index in [-0.39, 0.29) is 17.5 Å². The van der Waals surface area contributed by atoms with Crippen LogP contribution < -0.4 is 0 Å². The Morgan fingerprint density at radius 2 is 1.74 bits per heavy atom. The number of benzene rings is 2. The Morgan fingerprint density at radius 1 is 1.11 bits per heavy atom. The molecule has 0 aliphatic heterocycles. The first-order valence-electron chi connectivity index (χ1n) is 6.52. The third-order valence-corrected chi connectivity index (χ3v) is 3.88. The van der Waals surface area contributed by atoms with Crippen molar-refractivity contribution in [1.29, 1.82) is 0 Å². The van der Waals surface area contributed by atoms with E-state index in [1.165, 1.54) is 23.3 Å². The summed E-state index contributed by atoms with van der Waals surface area (Å²) in [7, 11) is 0. The van der Waals surface area contributed by atoms with Crippen molar-refractivity contribution >= 4 is 5.78 Å². The normalized spacial score (nSPS) is 14.4. The van der Waals surface area contributed by atoms with Gasteiger partial charge in [0.25, 0.3) is 0 Å². The van der Waals surface area contributed by atoms with E-state index in [2.05, 4.69) is 12.1 Å². The number of hydrogen-bond acceptors (Lipinski definition) is 1. The summed E-state index contributed by atoms with van der Waals surface area (Å²) in [5.41, 5.74) is 3.90. The number of halogens is 1. The lowest BCUT2D eigenvalue weighted by atomic mass is 9.92. The van der Waals surface area contributed by atoms with Crippen LogP contribution in [-0.2, 0) is 12.8 Å². The minimum absolute atomic E-state index is 0.00145. The zero-order valence-corrected chi connectivity index (χ0v) is 10.8. The number of fused-ring (bicyclic) bond motifs is 1. The van der Waals surface area contributed by atoms with Gasteiger partial charge in [0, 0.05) is 11.5 Å². The molecule has 0 radical (unpaired) electrons. The second kappa shape index (κ2) is 4.61. The first-order chi connectivity index (χ1) is 9.15. The average Bonchev–Trinajstić information content (AvgIpc) is 2.81. The molecule has 1 aliphatic rings. The van der Waals surface area contributed by atoms with Gasteiger partial charge in [0.2, 0.25) is 0 Å². The van der Waals surface area contributed by atoms with Crippen LogP contribution in [0.3, 0.4) is 0 Å². The molecule has 2 aromatic carbocycles. The molecule has 96 valence electrons. The van der Waals surface area contributed by atoms with Crippen molar-refractivity contribution in [2.24, 2.45) is 5.92 Å². The maximum Gasteiger partial charge on any atom is 0.166 e. The number of hydrogen-bond donors (Lipinski definition) is 0. The first-order valence-corrected chi connectivity index (χ1v) is 6.52. The minimum Gasteiger partial charge on any atom is -0.294 e. The highest BCUT2D eigenvalue weighted by molar-refractivity contribution is 5.99. The largest absolute Gasteiger partial charge is 0.294 e. The van der Waals surface area contributed by atoms with Crippen molar-refractivity contribution < 1.29 is 9.18 Å². The Bertz CT molecular complexity index is 620. The molecule has 1 aliphatic carbocycles. The molecule has 2 aromatic rings. The molecule has 1 nitrogen and oxygen atoms in total. The van der Waals surface area contributed by atoms with Gasteiger partial charge in [-0.3, -0.25) is 4.79 Å². The van der Waals surface area contributed by atoms with Crippen molar-refractivity contribution in [3.63, 3.8) is 0 Å². The van der Waals surface area contributed by atoms with Gasteiger partial charge in [-0.1, -0.05) is 24.3 Å². The third kappa shape index (κ3) is 2.19. The molecular weight excluding hydrogens is 239 g/mol. The van der Waals surface area contributed by atoms with Gasteiger partial charge in [-0.25, -0.2) is 4.39 Å². The Kier molecular flexibility index (Phi) is 2.94. The number of rotatable bonds is 2. The Hall–Kier alpha value is -1.96. The van der Waals surface area contributed by atoms with E-state index in [0.717, 1.165) is 18.4 Å². The molecule has 2 heteroatoms. The van der Waals surface area contributed by atoms with Crippen LogP contribution in [-0.4, -0.2) is 5.78 Å². The predicted molar refractivity (Wildman–Crippen MR) is 72.8 cm³/mol. The van der Waals surface area contributed by atoms with Gasteiger partial charge < -0.3 is 0 Å². The number of Topliss-reactive ketones (excluding diaryl/α,β-unsaturated/α-hetero) is 1. The van der Waals surface area contributed by atoms with E-state index in [1.807, 2.05) is 12.1 Å². The van der Waals surface area contributed by atoms with Crippen molar-refractivity contribution in [1.82, 2.24) is 0 Å². The molecule has 0 N–H and O–H groups in total. The Morgan fingerprint density at radius 3 is 2.32 bits per heavy atom. The summed E-state index contributed by atoms with van der Waals surface area (Å²) in [4.78, 5) is 12.5. The number of carbonyl (C=O) groups excluding carboxylic acids is 1. The second-order valence-corrected chi connectivity index (χ2v) is 5.20. The maximum atomic E-state index is 13.1. The summed E-state index contributed by atoms with van der Waals surface area (Å²) >= 11 is 0. The highest BCUT2D eigenvalue weighted by atomic mass is 19.1. The lowest BCUT2D eigenvalue weighted by Crippen LogP contribution is -2.16. The summed E-state index contributed by atoms with van der Waals surface area (Å²) in [6.07, 6.45) is 1.59. The standard InChI is InChI=1S/C17H15FO/c1-11-8-15(18)6-7-16(11)17(19)14-9-12-4-2-3-5-13(12)10-14/h2-8,14H,9-10H2,1H3. The molecule has 0 amide bonds. The van der Waals surface area contributed by atoms with E-state index in [1.54, 1.807) is 13.0 Å². The molecule has 0 spiro atoms. The molecule has 0 heterocycles. The molecule has 0 atom stereocenters. The summed E-state index contributed by atoms with van der Waals surface area (Å²) in [5, 5.41) is 0. The fourth-order valence-corrected chi connectivity index (χ4v) is 2.87. The van der Waals surface area contributed by atoms with Crippen LogP contribution in [0.1, 0.15) is 27.0 Å². The monoisotopic (exact) mass is 254 g/mol. The average molecular weight is 254 g/mol. The number of ketones is 1. The fraction of sp³-hybridized carbons (Fsp3) is 0.235. The van der Waals surface area contributed by atoms with Gasteiger partial charge in [-0.05, 0) is 54.7 Å². The zero-order chi connectivity index (χ0) is 13.4. The molecule has 0 bridgehead atoms. The Balaban J connectivity index is 1.87. The van der Waals surface area contributed by atoms with Crippen molar-refractivity contribution in [3.8, 4) is 0 Å². The molecule has 0 unspecified atom stereocenters. The van der Waals surface area contributed by atoms with E-state index in [0.29, 0.717) is 5.56 Å². The molecule has 0 saturated carbocycles. The smallest absolute Gasteiger partial charge is 0.166 e. The van der Waals surface area contributed by atoms with Gasteiger partial charge in [0.1, 0.15) is 5.82 Å². The van der Waals surface area contributed by atoms with Crippen LogP contribution in [0, 0.1) is 18.7 Å². The highest BCUT2D eigenvalue weighted by Gasteiger charge is 2.28. The van der Waals surface area contributed by atoms with Crippen molar-refractivity contribution in [2.75, 3.05) is 0 Å². The van der Waals surface area contributed by atoms with Gasteiger partial charge in [0.05, 0.1) is 0 Å². The number of carbonyl (C=O) groups is 1. The van der Waals surface area contributed by atoms with Gasteiger partial charge in [-0.2, -0.15) is 0 Å². The molecule has 0 fully saturated rings. The van der Waals surface area contributed by atoms with E-state index in [9.17, 15) is 9.18 Å². The van der Waals surface area contributed by atoms with Crippen LogP contribution in [0.2, 0.25) is 0 Å². The van der Waals surface area contributed by atoms with Crippen molar-refractivity contribution in [3.05, 3.63) is 70.5 Å². The van der Waals surface area contributed by atoms with E-state index < -0.39 is 0 Å². The SMILES string of the molecule is Cc1cc(F)ccc1C(=O)C1Cc2ccccc2C1. The zero-order valence-electron chi connectivity index (χ0n) is 10.8. The molecular formula is C17H15FO. The van der Waals surface area contributed by atoms with Crippen LogP contribution >= 0.6 is 0 Å². The predicted octanol–water partition coefficient (Wildman–Crippen LogP) is 3.73. The second-order valence-electron chi connectivity index (χ2n) is 5.20. The quantitative estimate of drug-likeness (QED) is 0.746. The van der Waals surface area contributed by atoms with E-state index >= 15 is 0 Å².